The highest BCUT2D eigenvalue weighted by Gasteiger charge is 1.95. The second kappa shape index (κ2) is 4.49. The number of nitrogens with zero attached hydrogens (tertiary/aromatic N) is 1. The Balaban J connectivity index is 3.67. The van der Waals surface area contributed by atoms with Crippen LogP contribution in [0.25, 0.3) is 0 Å². The summed E-state index contributed by atoms with van der Waals surface area (Å²) in [6, 6.07) is 0. The predicted molar refractivity (Wildman–Crippen MR) is 32.8 cm³/mol. The van der Waals surface area contributed by atoms with E-state index in [0.717, 1.165) is 6.08 Å². The molecular formula is C5H7NO4. The van der Waals surface area contributed by atoms with Crippen molar-refractivity contribution >= 4 is 5.97 Å². The fourth-order valence-electron chi connectivity index (χ4n) is 0.312. The van der Waals surface area contributed by atoms with E-state index in [1.807, 2.05) is 0 Å². The number of ether oxygens (including phenoxy) is 1. The lowest BCUT2D eigenvalue weighted by Crippen LogP contribution is -2.00. The third-order valence-electron chi connectivity index (χ3n) is 0.619. The monoisotopic (exact) mass is 145 g/mol. The van der Waals surface area contributed by atoms with Gasteiger partial charge in [0.25, 0.3) is 0 Å². The maximum Gasteiger partial charge on any atom is 0.337 e. The third kappa shape index (κ3) is 4.76. The van der Waals surface area contributed by atoms with Gasteiger partial charge in [0.05, 0.1) is 17.6 Å². The highest BCUT2D eigenvalue weighted by Crippen LogP contribution is 1.80. The third-order valence-corrected chi connectivity index (χ3v) is 0.619. The molecule has 0 bridgehead atoms. The van der Waals surface area contributed by atoms with E-state index in [1.165, 1.54) is 0 Å². The maximum absolute atomic E-state index is 10.3. The average Bonchev–Trinajstić information content (AvgIpc) is 1.85. The molecular weight excluding hydrogens is 138 g/mol. The molecule has 0 unspecified atom stereocenters. The lowest BCUT2D eigenvalue weighted by atomic mass is 10.6. The van der Waals surface area contributed by atoms with Crippen molar-refractivity contribution in [1.29, 1.82) is 0 Å². The van der Waals surface area contributed by atoms with Gasteiger partial charge in [-0.2, -0.15) is 0 Å². The van der Waals surface area contributed by atoms with E-state index in [9.17, 15) is 14.9 Å². The first kappa shape index (κ1) is 8.61. The first-order valence-electron chi connectivity index (χ1n) is 2.65. The number of nitro groups is 1. The van der Waals surface area contributed by atoms with Crippen LogP contribution in [0.4, 0.5) is 0 Å². The summed E-state index contributed by atoms with van der Waals surface area (Å²) in [5, 5.41) is 9.62. The highest BCUT2D eigenvalue weighted by atomic mass is 16.6. The predicted octanol–water partition coefficient (Wildman–Crippen LogP) is 0.340. The topological polar surface area (TPSA) is 69.4 Å². The fourth-order valence-corrected chi connectivity index (χ4v) is 0.312. The van der Waals surface area contributed by atoms with Crippen molar-refractivity contribution in [3.8, 4) is 0 Å². The second-order valence-electron chi connectivity index (χ2n) is 1.35. The van der Waals surface area contributed by atoms with Gasteiger partial charge < -0.3 is 4.74 Å². The molecule has 0 aromatic heterocycles. The van der Waals surface area contributed by atoms with E-state index >= 15 is 0 Å². The minimum Gasteiger partial charge on any atom is -0.463 e. The highest BCUT2D eigenvalue weighted by molar-refractivity contribution is 5.81. The molecule has 0 spiro atoms. The molecule has 0 heterocycles. The Kier molecular flexibility index (Phi) is 3.86. The lowest BCUT2D eigenvalue weighted by molar-refractivity contribution is -0.402. The average molecular weight is 145 g/mol. The van der Waals surface area contributed by atoms with Crippen molar-refractivity contribution in [3.63, 3.8) is 0 Å². The zero-order valence-corrected chi connectivity index (χ0v) is 5.44. The summed E-state index contributed by atoms with van der Waals surface area (Å²) in [5.41, 5.74) is 0. The van der Waals surface area contributed by atoms with Crippen molar-refractivity contribution in [2.75, 3.05) is 6.61 Å². The van der Waals surface area contributed by atoms with Crippen LogP contribution in [0.3, 0.4) is 0 Å². The van der Waals surface area contributed by atoms with Gasteiger partial charge in [-0.1, -0.05) is 0 Å². The lowest BCUT2D eigenvalue weighted by Gasteiger charge is -1.91. The van der Waals surface area contributed by atoms with Gasteiger partial charge in [0.2, 0.25) is 6.20 Å². The molecule has 10 heavy (non-hydrogen) atoms. The van der Waals surface area contributed by atoms with Crippen LogP contribution in [0.2, 0.25) is 0 Å². The number of hydrogen-bond acceptors (Lipinski definition) is 4. The molecule has 0 aromatic rings. The molecule has 0 fully saturated rings. The molecule has 0 atom stereocenters. The van der Waals surface area contributed by atoms with Gasteiger partial charge in [-0.15, -0.1) is 0 Å². The summed E-state index contributed by atoms with van der Waals surface area (Å²) in [4.78, 5) is 19.2. The summed E-state index contributed by atoms with van der Waals surface area (Å²) in [7, 11) is 0. The molecule has 0 aliphatic rings. The van der Waals surface area contributed by atoms with Gasteiger partial charge in [0.1, 0.15) is 0 Å². The molecule has 0 aliphatic carbocycles. The van der Waals surface area contributed by atoms with Crippen LogP contribution in [0.5, 0.6) is 0 Å². The van der Waals surface area contributed by atoms with Crippen LogP contribution in [-0.4, -0.2) is 17.5 Å². The number of carbonyl (C=O) groups is 1. The van der Waals surface area contributed by atoms with Crippen molar-refractivity contribution < 1.29 is 14.5 Å². The van der Waals surface area contributed by atoms with Crippen LogP contribution in [0.1, 0.15) is 6.92 Å². The standard InChI is InChI=1S/C5H7NO4/c1-2-10-5(7)3-4-6(8)9/h3-4H,2H2,1H3/b4-3+. The van der Waals surface area contributed by atoms with Crippen LogP contribution < -0.4 is 0 Å². The fraction of sp³-hybridized carbons (Fsp3) is 0.400. The van der Waals surface area contributed by atoms with Crippen LogP contribution >= 0.6 is 0 Å². The molecule has 0 radical (unpaired) electrons. The first-order chi connectivity index (χ1) is 4.66. The Morgan fingerprint density at radius 2 is 2.40 bits per heavy atom. The van der Waals surface area contributed by atoms with Crippen LogP contribution in [-0.2, 0) is 9.53 Å². The number of esters is 1. The molecule has 0 N–H and O–H groups in total. The number of rotatable bonds is 3. The van der Waals surface area contributed by atoms with Crippen molar-refractivity contribution in [2.24, 2.45) is 0 Å². The zero-order chi connectivity index (χ0) is 7.98. The van der Waals surface area contributed by atoms with Gasteiger partial charge in [-0.25, -0.2) is 4.79 Å². The number of hydrogen-bond donors (Lipinski definition) is 0. The van der Waals surface area contributed by atoms with E-state index in [-0.39, 0.29) is 6.61 Å². The summed E-state index contributed by atoms with van der Waals surface area (Å²) in [6.45, 7) is 1.85. The van der Waals surface area contributed by atoms with Gasteiger partial charge in [-0.3, -0.25) is 10.1 Å². The minimum atomic E-state index is -0.725. The molecule has 0 amide bonds. The van der Waals surface area contributed by atoms with Gasteiger partial charge in [0.15, 0.2) is 0 Å². The molecule has 56 valence electrons. The maximum atomic E-state index is 10.3. The SMILES string of the molecule is CCOC(=O)/C=C/[N+](=O)[O-]. The van der Waals surface area contributed by atoms with E-state index < -0.39 is 10.9 Å². The van der Waals surface area contributed by atoms with E-state index in [4.69, 9.17) is 0 Å². The molecule has 0 aliphatic heterocycles. The largest absolute Gasteiger partial charge is 0.463 e. The number of carbonyl (C=O) groups excluding carboxylic acids is 1. The van der Waals surface area contributed by atoms with E-state index in [0.29, 0.717) is 6.20 Å². The quantitative estimate of drug-likeness (QED) is 0.248. The summed E-state index contributed by atoms with van der Waals surface area (Å²) < 4.78 is 4.36. The Labute approximate surface area is 57.4 Å². The zero-order valence-electron chi connectivity index (χ0n) is 5.44. The summed E-state index contributed by atoms with van der Waals surface area (Å²) >= 11 is 0. The van der Waals surface area contributed by atoms with Crippen LogP contribution in [0, 0.1) is 10.1 Å². The second-order valence-corrected chi connectivity index (χ2v) is 1.35. The normalized spacial score (nSPS) is 9.70. The summed E-state index contributed by atoms with van der Waals surface area (Å²) in [5.74, 6) is -0.695. The first-order valence-corrected chi connectivity index (χ1v) is 2.65. The Hall–Kier alpha value is -1.39. The van der Waals surface area contributed by atoms with Crippen molar-refractivity contribution in [1.82, 2.24) is 0 Å². The Bertz CT molecular complexity index is 163. The summed E-state index contributed by atoms with van der Waals surface area (Å²) in [6.07, 6.45) is 1.31. The van der Waals surface area contributed by atoms with Gasteiger partial charge >= 0.3 is 5.97 Å². The van der Waals surface area contributed by atoms with E-state index in [2.05, 4.69) is 4.74 Å². The molecule has 0 saturated heterocycles. The van der Waals surface area contributed by atoms with E-state index in [1.54, 1.807) is 6.92 Å². The molecule has 0 saturated carbocycles. The molecule has 0 aromatic carbocycles. The molecule has 0 rings (SSSR count). The van der Waals surface area contributed by atoms with Gasteiger partial charge in [0, 0.05) is 0 Å². The minimum absolute atomic E-state index is 0.223. The molecule has 5 nitrogen and oxygen atoms in total. The van der Waals surface area contributed by atoms with Crippen molar-refractivity contribution in [2.45, 2.75) is 6.92 Å². The van der Waals surface area contributed by atoms with Crippen molar-refractivity contribution in [3.05, 3.63) is 22.4 Å². The molecule has 5 heteroatoms. The Morgan fingerprint density at radius 1 is 1.80 bits per heavy atom. The Morgan fingerprint density at radius 3 is 2.80 bits per heavy atom. The smallest absolute Gasteiger partial charge is 0.337 e. The van der Waals surface area contributed by atoms with Crippen LogP contribution in [0.15, 0.2) is 12.3 Å². The van der Waals surface area contributed by atoms with Gasteiger partial charge in [-0.05, 0) is 6.92 Å².